The van der Waals surface area contributed by atoms with Gasteiger partial charge in [-0.05, 0) is 11.8 Å². The van der Waals surface area contributed by atoms with E-state index in [-0.39, 0.29) is 0 Å². The maximum Gasteiger partial charge on any atom is -0.0443 e. The van der Waals surface area contributed by atoms with E-state index in [2.05, 4.69) is 13.8 Å². The summed E-state index contributed by atoms with van der Waals surface area (Å²) in [6, 6.07) is 0. The summed E-state index contributed by atoms with van der Waals surface area (Å²) in [4.78, 5) is 0. The molecule has 0 aromatic rings. The predicted octanol–water partition coefficient (Wildman–Crippen LogP) is 7.47. The van der Waals surface area contributed by atoms with Crippen LogP contribution in [-0.2, 0) is 0 Å². The smallest absolute Gasteiger partial charge is 0.0443 e. The van der Waals surface area contributed by atoms with Crippen LogP contribution in [0.4, 0.5) is 0 Å². The van der Waals surface area contributed by atoms with E-state index in [9.17, 15) is 0 Å². The average Bonchev–Trinajstić information content (AvgIpc) is 3.11. The molecule has 2 rings (SSSR count). The van der Waals surface area contributed by atoms with Crippen molar-refractivity contribution in [3.8, 4) is 0 Å². The lowest BCUT2D eigenvalue weighted by atomic mass is 10.2. The Morgan fingerprint density at radius 1 is 0.444 bits per heavy atom. The lowest BCUT2D eigenvalue weighted by molar-refractivity contribution is 0.612. The maximum atomic E-state index is 2.34. The quantitative estimate of drug-likeness (QED) is 0.422. The number of rotatable bonds is 0. The van der Waals surface area contributed by atoms with Crippen molar-refractivity contribution in [1.82, 2.24) is 0 Å². The van der Waals surface area contributed by atoms with Crippen LogP contribution < -0.4 is 0 Å². The van der Waals surface area contributed by atoms with Gasteiger partial charge in [0.05, 0.1) is 0 Å². The Labute approximate surface area is 119 Å². The average molecular weight is 259 g/mol. The Balaban J connectivity index is -0.000000178. The summed E-state index contributed by atoms with van der Waals surface area (Å²) in [6.07, 6.45) is 11.9. The van der Waals surface area contributed by atoms with Gasteiger partial charge in [-0.25, -0.2) is 0 Å². The first-order valence-electron chi connectivity index (χ1n) is 8.79. The summed E-state index contributed by atoms with van der Waals surface area (Å²) in [7, 11) is 0. The molecule has 2 saturated carbocycles. The fourth-order valence-corrected chi connectivity index (χ4v) is 2.26. The molecule has 0 atom stereocenters. The van der Waals surface area contributed by atoms with E-state index in [1.165, 1.54) is 51.4 Å². The highest BCUT2D eigenvalue weighted by atomic mass is 14.1. The summed E-state index contributed by atoms with van der Waals surface area (Å²) < 4.78 is 0. The third-order valence-electron chi connectivity index (χ3n) is 3.29. The van der Waals surface area contributed by atoms with Crippen molar-refractivity contribution >= 4 is 0 Å². The van der Waals surface area contributed by atoms with Gasteiger partial charge in [-0.15, -0.1) is 0 Å². The zero-order valence-corrected chi connectivity index (χ0v) is 14.8. The molecule has 0 aromatic heterocycles. The molecule has 0 radical (unpaired) electrons. The molecule has 0 amide bonds. The van der Waals surface area contributed by atoms with Gasteiger partial charge >= 0.3 is 0 Å². The highest BCUT2D eigenvalue weighted by molar-refractivity contribution is 4.61. The molecule has 0 spiro atoms. The molecular weight excluding hydrogens is 216 g/mol. The zero-order valence-electron chi connectivity index (χ0n) is 14.8. The second-order valence-electron chi connectivity index (χ2n) is 4.78. The Morgan fingerprint density at radius 2 is 0.611 bits per heavy atom. The van der Waals surface area contributed by atoms with Crippen molar-refractivity contribution in [1.29, 1.82) is 0 Å². The highest BCUT2D eigenvalue weighted by Gasteiger charge is 2.07. The maximum absolute atomic E-state index is 2.34. The van der Waals surface area contributed by atoms with Crippen molar-refractivity contribution in [2.75, 3.05) is 0 Å². The van der Waals surface area contributed by atoms with Crippen LogP contribution in [0.1, 0.15) is 107 Å². The van der Waals surface area contributed by atoms with Crippen molar-refractivity contribution in [2.24, 2.45) is 11.8 Å². The molecule has 0 nitrogen and oxygen atoms in total. The summed E-state index contributed by atoms with van der Waals surface area (Å²) in [6.45, 7) is 16.7. The third kappa shape index (κ3) is 18.4. The van der Waals surface area contributed by atoms with Crippen LogP contribution in [0, 0.1) is 11.8 Å². The Hall–Kier alpha value is 0. The van der Waals surface area contributed by atoms with Gasteiger partial charge in [0.2, 0.25) is 0 Å². The van der Waals surface area contributed by atoms with E-state index in [1.807, 2.05) is 41.5 Å². The lowest BCUT2D eigenvalue weighted by Gasteiger charge is -1.91. The van der Waals surface area contributed by atoms with E-state index in [1.54, 1.807) is 0 Å². The molecule has 0 heteroatoms. The molecule has 2 aliphatic rings. The van der Waals surface area contributed by atoms with Crippen molar-refractivity contribution < 1.29 is 0 Å². The minimum atomic E-state index is 1.05. The van der Waals surface area contributed by atoms with E-state index in [0.29, 0.717) is 0 Å². The summed E-state index contributed by atoms with van der Waals surface area (Å²) in [5, 5.41) is 0. The monoisotopic (exact) mass is 258 g/mol. The van der Waals surface area contributed by atoms with Gasteiger partial charge in [0.25, 0.3) is 0 Å². The molecule has 0 bridgehead atoms. The van der Waals surface area contributed by atoms with Crippen LogP contribution >= 0.6 is 0 Å². The standard InChI is InChI=1S/2C6H12.3C2H6/c2*1-6-4-2-3-5-6;3*1-2/h2*6H,2-5H2,1H3;3*1-2H3. The largest absolute Gasteiger partial charge is 0.0683 e. The molecule has 0 aromatic carbocycles. The zero-order chi connectivity index (χ0) is 14.8. The molecule has 0 unspecified atom stereocenters. The third-order valence-corrected chi connectivity index (χ3v) is 3.29. The fraction of sp³-hybridized carbons (Fsp3) is 1.00. The Kier molecular flexibility index (Phi) is 28.5. The van der Waals surface area contributed by atoms with Gasteiger partial charge in [-0.2, -0.15) is 0 Å². The number of hydrogen-bond acceptors (Lipinski definition) is 0. The highest BCUT2D eigenvalue weighted by Crippen LogP contribution is 2.23. The molecule has 2 fully saturated rings. The second kappa shape index (κ2) is 22.2. The SMILES string of the molecule is CC.CC.CC.CC1CCCC1.CC1CCCC1. The normalized spacial score (nSPS) is 18.0. The molecule has 18 heavy (non-hydrogen) atoms. The summed E-state index contributed by atoms with van der Waals surface area (Å²) >= 11 is 0. The van der Waals surface area contributed by atoms with Crippen molar-refractivity contribution in [2.45, 2.75) is 107 Å². The second-order valence-corrected chi connectivity index (χ2v) is 4.78. The van der Waals surface area contributed by atoms with Crippen LogP contribution in [0.2, 0.25) is 0 Å². The predicted molar refractivity (Wildman–Crippen MR) is 89.3 cm³/mol. The van der Waals surface area contributed by atoms with Crippen molar-refractivity contribution in [3.05, 3.63) is 0 Å². The van der Waals surface area contributed by atoms with Crippen LogP contribution in [0.5, 0.6) is 0 Å². The Morgan fingerprint density at radius 3 is 0.667 bits per heavy atom. The Bertz CT molecular complexity index is 80.6. The molecule has 2 aliphatic carbocycles. The molecule has 0 N–H and O–H groups in total. The number of hydrogen-bond donors (Lipinski definition) is 0. The summed E-state index contributed by atoms with van der Waals surface area (Å²) in [5.41, 5.74) is 0. The molecule has 0 saturated heterocycles. The summed E-state index contributed by atoms with van der Waals surface area (Å²) in [5.74, 6) is 2.09. The van der Waals surface area contributed by atoms with E-state index in [4.69, 9.17) is 0 Å². The minimum Gasteiger partial charge on any atom is -0.0683 e. The van der Waals surface area contributed by atoms with E-state index >= 15 is 0 Å². The van der Waals surface area contributed by atoms with Gasteiger partial charge < -0.3 is 0 Å². The molecule has 0 aliphatic heterocycles. The van der Waals surface area contributed by atoms with E-state index in [0.717, 1.165) is 11.8 Å². The van der Waals surface area contributed by atoms with Crippen LogP contribution in [0.3, 0.4) is 0 Å². The fourth-order valence-electron chi connectivity index (χ4n) is 2.26. The van der Waals surface area contributed by atoms with Crippen molar-refractivity contribution in [3.63, 3.8) is 0 Å². The molecular formula is C18H42. The molecule has 114 valence electrons. The lowest BCUT2D eigenvalue weighted by Crippen LogP contribution is -1.78. The minimum absolute atomic E-state index is 1.05. The van der Waals surface area contributed by atoms with Gasteiger partial charge in [0, 0.05) is 0 Å². The first-order chi connectivity index (χ1) is 8.79. The van der Waals surface area contributed by atoms with Gasteiger partial charge in [-0.3, -0.25) is 0 Å². The van der Waals surface area contributed by atoms with Crippen LogP contribution in [0.25, 0.3) is 0 Å². The molecule has 0 heterocycles. The van der Waals surface area contributed by atoms with Gasteiger partial charge in [0.15, 0.2) is 0 Å². The topological polar surface area (TPSA) is 0 Å². The first kappa shape index (κ1) is 23.1. The van der Waals surface area contributed by atoms with Gasteiger partial charge in [-0.1, -0.05) is 107 Å². The van der Waals surface area contributed by atoms with Crippen LogP contribution in [0.15, 0.2) is 0 Å². The first-order valence-corrected chi connectivity index (χ1v) is 8.79. The van der Waals surface area contributed by atoms with Gasteiger partial charge in [0.1, 0.15) is 0 Å². The van der Waals surface area contributed by atoms with Crippen LogP contribution in [-0.4, -0.2) is 0 Å². The van der Waals surface area contributed by atoms with E-state index < -0.39 is 0 Å².